The first-order chi connectivity index (χ1) is 10.5. The summed E-state index contributed by atoms with van der Waals surface area (Å²) in [6.07, 6.45) is 0. The number of carbonyl (C=O) groups excluding carboxylic acids is 1. The number of hydrogen-bond acceptors (Lipinski definition) is 2. The van der Waals surface area contributed by atoms with E-state index in [9.17, 15) is 9.18 Å². The van der Waals surface area contributed by atoms with Crippen molar-refractivity contribution >= 4 is 23.2 Å². The number of benzene rings is 2. The van der Waals surface area contributed by atoms with Gasteiger partial charge in [0.2, 0.25) is 5.91 Å². The van der Waals surface area contributed by atoms with Crippen molar-refractivity contribution in [1.82, 2.24) is 5.32 Å². The number of hydrogen-bond donors (Lipinski definition) is 2. The second kappa shape index (κ2) is 7.38. The highest BCUT2D eigenvalue weighted by molar-refractivity contribution is 6.31. The molecule has 2 aromatic rings. The Balaban J connectivity index is 1.95. The van der Waals surface area contributed by atoms with Crippen LogP contribution < -0.4 is 10.6 Å². The van der Waals surface area contributed by atoms with Crippen molar-refractivity contribution in [3.8, 4) is 0 Å². The minimum Gasteiger partial charge on any atom is -0.325 e. The van der Waals surface area contributed by atoms with E-state index in [1.807, 2.05) is 37.3 Å². The third kappa shape index (κ3) is 4.29. The van der Waals surface area contributed by atoms with Gasteiger partial charge in [-0.2, -0.15) is 0 Å². The summed E-state index contributed by atoms with van der Waals surface area (Å²) in [6.45, 7) is 3.77. The monoisotopic (exact) mass is 320 g/mol. The molecule has 0 heterocycles. The molecule has 116 valence electrons. The highest BCUT2D eigenvalue weighted by atomic mass is 35.5. The Kier molecular flexibility index (Phi) is 5.52. The average Bonchev–Trinajstić information content (AvgIpc) is 2.51. The van der Waals surface area contributed by atoms with Crippen LogP contribution in [-0.2, 0) is 4.79 Å². The van der Waals surface area contributed by atoms with E-state index in [0.29, 0.717) is 5.69 Å². The number of anilines is 1. The van der Waals surface area contributed by atoms with Crippen molar-refractivity contribution in [3.05, 3.63) is 64.9 Å². The van der Waals surface area contributed by atoms with E-state index < -0.39 is 11.9 Å². The Morgan fingerprint density at radius 1 is 1.14 bits per heavy atom. The van der Waals surface area contributed by atoms with E-state index in [-0.39, 0.29) is 17.0 Å². The molecule has 3 nitrogen and oxygen atoms in total. The quantitative estimate of drug-likeness (QED) is 0.868. The zero-order valence-electron chi connectivity index (χ0n) is 12.4. The molecule has 0 aliphatic rings. The zero-order chi connectivity index (χ0) is 16.1. The van der Waals surface area contributed by atoms with Crippen LogP contribution in [0.5, 0.6) is 0 Å². The van der Waals surface area contributed by atoms with Gasteiger partial charge in [0.15, 0.2) is 0 Å². The van der Waals surface area contributed by atoms with Crippen LogP contribution in [0.15, 0.2) is 48.5 Å². The predicted octanol–water partition coefficient (Wildman–Crippen LogP) is 4.16. The molecule has 0 fully saturated rings. The molecule has 1 amide bonds. The van der Waals surface area contributed by atoms with Crippen molar-refractivity contribution in [2.24, 2.45) is 0 Å². The fourth-order valence-corrected chi connectivity index (χ4v) is 2.29. The summed E-state index contributed by atoms with van der Waals surface area (Å²) < 4.78 is 13.1. The topological polar surface area (TPSA) is 41.1 Å². The van der Waals surface area contributed by atoms with Crippen LogP contribution in [0.1, 0.15) is 25.5 Å². The van der Waals surface area contributed by atoms with E-state index in [2.05, 4.69) is 10.6 Å². The lowest BCUT2D eigenvalue weighted by atomic mass is 10.1. The zero-order valence-corrected chi connectivity index (χ0v) is 13.2. The number of rotatable bonds is 5. The van der Waals surface area contributed by atoms with Crippen LogP contribution in [0.2, 0.25) is 5.02 Å². The van der Waals surface area contributed by atoms with Gasteiger partial charge in [0.05, 0.1) is 11.1 Å². The molecule has 2 atom stereocenters. The van der Waals surface area contributed by atoms with Gasteiger partial charge in [-0.1, -0.05) is 41.9 Å². The smallest absolute Gasteiger partial charge is 0.241 e. The summed E-state index contributed by atoms with van der Waals surface area (Å²) >= 11 is 5.70. The fraction of sp³-hybridized carbons (Fsp3) is 0.235. The maximum atomic E-state index is 13.1. The first kappa shape index (κ1) is 16.5. The molecule has 2 rings (SSSR count). The SMILES string of the molecule is C[C@@H](N[C@H](C)c1ccccc1)C(=O)Nc1ccc(F)c(Cl)c1. The number of nitrogens with one attached hydrogen (secondary N) is 2. The molecule has 22 heavy (non-hydrogen) atoms. The number of carbonyl (C=O) groups is 1. The molecular weight excluding hydrogens is 303 g/mol. The standard InChI is InChI=1S/C17H18ClFN2O/c1-11(13-6-4-3-5-7-13)20-12(2)17(22)21-14-8-9-16(19)15(18)10-14/h3-12,20H,1-2H3,(H,21,22)/t11-,12-/m1/s1. The molecule has 2 N–H and O–H groups in total. The first-order valence-corrected chi connectivity index (χ1v) is 7.42. The van der Waals surface area contributed by atoms with Gasteiger partial charge >= 0.3 is 0 Å². The van der Waals surface area contributed by atoms with Crippen LogP contribution in [0, 0.1) is 5.82 Å². The van der Waals surface area contributed by atoms with Gasteiger partial charge in [-0.05, 0) is 37.6 Å². The second-order valence-corrected chi connectivity index (χ2v) is 5.55. The van der Waals surface area contributed by atoms with Gasteiger partial charge in [-0.25, -0.2) is 4.39 Å². The first-order valence-electron chi connectivity index (χ1n) is 7.04. The molecule has 5 heteroatoms. The van der Waals surface area contributed by atoms with Gasteiger partial charge in [-0.3, -0.25) is 10.1 Å². The lowest BCUT2D eigenvalue weighted by Gasteiger charge is -2.20. The Morgan fingerprint density at radius 3 is 2.45 bits per heavy atom. The normalized spacial score (nSPS) is 13.5. The molecule has 0 aromatic heterocycles. The van der Waals surface area contributed by atoms with Crippen LogP contribution in [-0.4, -0.2) is 11.9 Å². The van der Waals surface area contributed by atoms with Crippen molar-refractivity contribution < 1.29 is 9.18 Å². The van der Waals surface area contributed by atoms with E-state index in [1.165, 1.54) is 18.2 Å². The predicted molar refractivity (Wildman–Crippen MR) is 87.5 cm³/mol. The maximum Gasteiger partial charge on any atom is 0.241 e. The summed E-state index contributed by atoms with van der Waals surface area (Å²) in [5.74, 6) is -0.714. The molecule has 2 aromatic carbocycles. The van der Waals surface area contributed by atoms with Crippen molar-refractivity contribution in [3.63, 3.8) is 0 Å². The maximum absolute atomic E-state index is 13.1. The van der Waals surface area contributed by atoms with Crippen LogP contribution in [0.25, 0.3) is 0 Å². The van der Waals surface area contributed by atoms with E-state index >= 15 is 0 Å². The van der Waals surface area contributed by atoms with Crippen molar-refractivity contribution in [2.75, 3.05) is 5.32 Å². The van der Waals surface area contributed by atoms with Gasteiger partial charge in [0.25, 0.3) is 0 Å². The Hall–Kier alpha value is -1.91. The second-order valence-electron chi connectivity index (χ2n) is 5.14. The minimum atomic E-state index is -0.511. The average molecular weight is 321 g/mol. The molecule has 0 aliphatic heterocycles. The van der Waals surface area contributed by atoms with Crippen molar-refractivity contribution in [2.45, 2.75) is 25.9 Å². The van der Waals surface area contributed by atoms with E-state index in [1.54, 1.807) is 6.92 Å². The molecule has 0 radical (unpaired) electrons. The largest absolute Gasteiger partial charge is 0.325 e. The van der Waals surface area contributed by atoms with Crippen LogP contribution in [0.4, 0.5) is 10.1 Å². The fourth-order valence-electron chi connectivity index (χ4n) is 2.11. The summed E-state index contributed by atoms with van der Waals surface area (Å²) in [7, 11) is 0. The van der Waals surface area contributed by atoms with Crippen molar-refractivity contribution in [1.29, 1.82) is 0 Å². The lowest BCUT2D eigenvalue weighted by Crippen LogP contribution is -2.39. The van der Waals surface area contributed by atoms with E-state index in [4.69, 9.17) is 11.6 Å². The molecular formula is C17H18ClFN2O. The third-order valence-electron chi connectivity index (χ3n) is 3.38. The lowest BCUT2D eigenvalue weighted by molar-refractivity contribution is -0.117. The Morgan fingerprint density at radius 2 is 1.82 bits per heavy atom. The molecule has 0 saturated carbocycles. The van der Waals surface area contributed by atoms with Gasteiger partial charge in [0.1, 0.15) is 5.82 Å². The summed E-state index contributed by atoms with van der Waals surface area (Å²) in [6, 6.07) is 13.6. The van der Waals surface area contributed by atoms with Gasteiger partial charge in [0, 0.05) is 11.7 Å². The van der Waals surface area contributed by atoms with E-state index in [0.717, 1.165) is 5.56 Å². The van der Waals surface area contributed by atoms with Gasteiger partial charge in [-0.15, -0.1) is 0 Å². The summed E-state index contributed by atoms with van der Waals surface area (Å²) in [5, 5.41) is 5.92. The van der Waals surface area contributed by atoms with Gasteiger partial charge < -0.3 is 5.32 Å². The molecule has 0 spiro atoms. The molecule has 0 saturated heterocycles. The highest BCUT2D eigenvalue weighted by Gasteiger charge is 2.16. The number of halogens is 2. The third-order valence-corrected chi connectivity index (χ3v) is 3.67. The molecule has 0 unspecified atom stereocenters. The molecule has 0 bridgehead atoms. The molecule has 0 aliphatic carbocycles. The minimum absolute atomic E-state index is 0.0175. The highest BCUT2D eigenvalue weighted by Crippen LogP contribution is 2.19. The number of amides is 1. The van der Waals surface area contributed by atoms with Crippen LogP contribution in [0.3, 0.4) is 0 Å². The Labute approximate surface area is 134 Å². The summed E-state index contributed by atoms with van der Waals surface area (Å²) in [5.41, 5.74) is 1.57. The van der Waals surface area contributed by atoms with Crippen LogP contribution >= 0.6 is 11.6 Å². The Bertz CT molecular complexity index is 648. The summed E-state index contributed by atoms with van der Waals surface area (Å²) in [4.78, 5) is 12.2.